The molecule has 2 aromatic carbocycles. The molecule has 1 N–H and O–H groups in total. The highest BCUT2D eigenvalue weighted by Crippen LogP contribution is 2.21. The third-order valence-corrected chi connectivity index (χ3v) is 7.60. The van der Waals surface area contributed by atoms with Crippen LogP contribution in [0.5, 0.6) is 0 Å². The highest BCUT2D eigenvalue weighted by Gasteiger charge is 2.21. The summed E-state index contributed by atoms with van der Waals surface area (Å²) in [5.74, 6) is 0. The lowest BCUT2D eigenvalue weighted by atomic mass is 10.2. The van der Waals surface area contributed by atoms with Crippen molar-refractivity contribution in [2.45, 2.75) is 32.6 Å². The molecule has 0 unspecified atom stereocenters. The Morgan fingerprint density at radius 2 is 1.74 bits per heavy atom. The van der Waals surface area contributed by atoms with Crippen molar-refractivity contribution < 1.29 is 8.42 Å². The maximum atomic E-state index is 12.9. The Hall–Kier alpha value is -2.49. The molecule has 0 spiro atoms. The molecule has 0 aliphatic carbocycles. The summed E-state index contributed by atoms with van der Waals surface area (Å²) in [7, 11) is -3.51. The van der Waals surface area contributed by atoms with E-state index in [4.69, 9.17) is 0 Å². The Balaban J connectivity index is 1.89. The van der Waals surface area contributed by atoms with Crippen molar-refractivity contribution in [3.8, 4) is 5.69 Å². The van der Waals surface area contributed by atoms with Gasteiger partial charge in [-0.25, -0.2) is 13.1 Å². The van der Waals surface area contributed by atoms with E-state index in [-0.39, 0.29) is 10.5 Å². The molecule has 3 rings (SSSR count). The number of sulfonamides is 1. The van der Waals surface area contributed by atoms with E-state index in [0.29, 0.717) is 30.0 Å². The minimum absolute atomic E-state index is 0.201. The van der Waals surface area contributed by atoms with Gasteiger partial charge in [-0.05, 0) is 61.9 Å². The molecular formula is C22H25BrN4O3S. The zero-order valence-corrected chi connectivity index (χ0v) is 20.3. The van der Waals surface area contributed by atoms with E-state index in [1.807, 2.05) is 45.9 Å². The van der Waals surface area contributed by atoms with Crippen LogP contribution in [0.3, 0.4) is 0 Å². The molecule has 0 saturated carbocycles. The first-order valence-electron chi connectivity index (χ1n) is 9.91. The molecule has 0 atom stereocenters. The molecule has 164 valence electrons. The molecule has 1 heterocycles. The molecule has 0 aliphatic rings. The molecule has 0 bridgehead atoms. The van der Waals surface area contributed by atoms with Crippen molar-refractivity contribution in [1.29, 1.82) is 0 Å². The fraction of sp³-hybridized carbons (Fsp3) is 0.273. The van der Waals surface area contributed by atoms with Gasteiger partial charge in [-0.2, -0.15) is 4.31 Å². The van der Waals surface area contributed by atoms with Crippen LogP contribution in [-0.4, -0.2) is 41.8 Å². The number of hydrogen-bond acceptors (Lipinski definition) is 4. The van der Waals surface area contributed by atoms with Gasteiger partial charge >= 0.3 is 0 Å². The van der Waals surface area contributed by atoms with E-state index < -0.39 is 10.0 Å². The Bertz CT molecular complexity index is 1270. The smallest absolute Gasteiger partial charge is 0.280 e. The molecule has 0 aliphatic heterocycles. The molecule has 3 aromatic rings. The number of aromatic amines is 1. The molecule has 9 heteroatoms. The predicted octanol–water partition coefficient (Wildman–Crippen LogP) is 4.33. The first-order chi connectivity index (χ1) is 14.7. The standard InChI is InChI=1S/C22H25BrN4O3S/c1-5-26(6-2)31(29,30)19-10-8-18(9-11-19)24-14-20-16(4)25-27(22(20)28)21-12-7-17(23)13-15(21)3/h7-14,25H,5-6H2,1-4H3. The third kappa shape index (κ3) is 4.73. The van der Waals surface area contributed by atoms with E-state index in [2.05, 4.69) is 26.0 Å². The summed E-state index contributed by atoms with van der Waals surface area (Å²) in [5, 5.41) is 3.09. The summed E-state index contributed by atoms with van der Waals surface area (Å²) < 4.78 is 29.0. The molecule has 0 amide bonds. The van der Waals surface area contributed by atoms with E-state index in [1.165, 1.54) is 27.3 Å². The molecule has 0 radical (unpaired) electrons. The van der Waals surface area contributed by atoms with Gasteiger partial charge in [0.05, 0.1) is 21.8 Å². The van der Waals surface area contributed by atoms with Crippen molar-refractivity contribution in [2.24, 2.45) is 4.99 Å². The number of aryl methyl sites for hydroxylation is 2. The normalized spacial score (nSPS) is 12.2. The van der Waals surface area contributed by atoms with Crippen LogP contribution in [0.4, 0.5) is 5.69 Å². The Labute approximate surface area is 190 Å². The lowest BCUT2D eigenvalue weighted by Crippen LogP contribution is -2.30. The number of hydrogen-bond donors (Lipinski definition) is 1. The van der Waals surface area contributed by atoms with E-state index in [0.717, 1.165) is 15.7 Å². The lowest BCUT2D eigenvalue weighted by Gasteiger charge is -2.18. The van der Waals surface area contributed by atoms with Crippen LogP contribution < -0.4 is 5.56 Å². The number of rotatable bonds is 7. The van der Waals surface area contributed by atoms with E-state index in [9.17, 15) is 13.2 Å². The summed E-state index contributed by atoms with van der Waals surface area (Å²) in [4.78, 5) is 17.5. The number of benzene rings is 2. The van der Waals surface area contributed by atoms with Gasteiger partial charge in [-0.15, -0.1) is 0 Å². The minimum Gasteiger partial charge on any atom is -0.295 e. The highest BCUT2D eigenvalue weighted by molar-refractivity contribution is 9.10. The van der Waals surface area contributed by atoms with E-state index >= 15 is 0 Å². The van der Waals surface area contributed by atoms with Gasteiger partial charge in [-0.3, -0.25) is 14.9 Å². The minimum atomic E-state index is -3.51. The molecule has 0 saturated heterocycles. The third-order valence-electron chi connectivity index (χ3n) is 5.04. The van der Waals surface area contributed by atoms with Crippen molar-refractivity contribution in [1.82, 2.24) is 14.1 Å². The fourth-order valence-electron chi connectivity index (χ4n) is 3.31. The van der Waals surface area contributed by atoms with E-state index in [1.54, 1.807) is 12.1 Å². The maximum absolute atomic E-state index is 12.9. The van der Waals surface area contributed by atoms with Crippen LogP contribution in [0.25, 0.3) is 5.69 Å². The number of aliphatic imine (C=N–C) groups is 1. The summed E-state index contributed by atoms with van der Waals surface area (Å²) >= 11 is 3.43. The summed E-state index contributed by atoms with van der Waals surface area (Å²) in [6.45, 7) is 8.19. The summed E-state index contributed by atoms with van der Waals surface area (Å²) in [6.07, 6.45) is 1.51. The van der Waals surface area contributed by atoms with Crippen molar-refractivity contribution in [3.63, 3.8) is 0 Å². The van der Waals surface area contributed by atoms with Gasteiger partial charge in [0.25, 0.3) is 5.56 Å². The maximum Gasteiger partial charge on any atom is 0.280 e. The zero-order chi connectivity index (χ0) is 22.8. The van der Waals surface area contributed by atoms with Crippen molar-refractivity contribution in [3.05, 3.63) is 74.1 Å². The first-order valence-corrected chi connectivity index (χ1v) is 12.1. The largest absolute Gasteiger partial charge is 0.295 e. The number of halogens is 1. The van der Waals surface area contributed by atoms with Gasteiger partial charge in [-0.1, -0.05) is 29.8 Å². The van der Waals surface area contributed by atoms with Gasteiger partial charge in [0, 0.05) is 29.5 Å². The van der Waals surface area contributed by atoms with Gasteiger partial charge in [0.1, 0.15) is 0 Å². The van der Waals surface area contributed by atoms with Crippen LogP contribution in [-0.2, 0) is 10.0 Å². The quantitative estimate of drug-likeness (QED) is 0.485. The SMILES string of the molecule is CCN(CC)S(=O)(=O)c1ccc(N=Cc2c(C)[nH]n(-c3ccc(Br)cc3C)c2=O)cc1. The Morgan fingerprint density at radius 1 is 1.10 bits per heavy atom. The van der Waals surface area contributed by atoms with Gasteiger partial charge in [0.2, 0.25) is 10.0 Å². The van der Waals surface area contributed by atoms with Crippen LogP contribution in [0.1, 0.15) is 30.7 Å². The molecule has 7 nitrogen and oxygen atoms in total. The number of nitrogens with zero attached hydrogens (tertiary/aromatic N) is 3. The number of nitrogens with one attached hydrogen (secondary N) is 1. The van der Waals surface area contributed by atoms with Crippen LogP contribution >= 0.6 is 15.9 Å². The molecule has 0 fully saturated rings. The predicted molar refractivity (Wildman–Crippen MR) is 127 cm³/mol. The van der Waals surface area contributed by atoms with Gasteiger partial charge < -0.3 is 0 Å². The average molecular weight is 505 g/mol. The lowest BCUT2D eigenvalue weighted by molar-refractivity contribution is 0.445. The number of aromatic nitrogens is 2. The summed E-state index contributed by atoms with van der Waals surface area (Å²) in [5.41, 5.74) is 3.21. The van der Waals surface area contributed by atoms with Crippen molar-refractivity contribution in [2.75, 3.05) is 13.1 Å². The highest BCUT2D eigenvalue weighted by atomic mass is 79.9. The fourth-order valence-corrected chi connectivity index (χ4v) is 5.24. The molecule has 31 heavy (non-hydrogen) atoms. The number of H-pyrrole nitrogens is 1. The molecule has 1 aromatic heterocycles. The topological polar surface area (TPSA) is 87.5 Å². The second-order valence-corrected chi connectivity index (χ2v) is 9.92. The van der Waals surface area contributed by atoms with Crippen molar-refractivity contribution >= 4 is 37.9 Å². The zero-order valence-electron chi connectivity index (χ0n) is 17.9. The van der Waals surface area contributed by atoms with Gasteiger partial charge in [0.15, 0.2) is 0 Å². The average Bonchev–Trinajstić information content (AvgIpc) is 3.01. The Morgan fingerprint density at radius 3 is 2.32 bits per heavy atom. The van der Waals surface area contributed by atoms with Crippen LogP contribution in [0.15, 0.2) is 61.6 Å². The van der Waals surface area contributed by atoms with Crippen LogP contribution in [0, 0.1) is 13.8 Å². The second kappa shape index (κ2) is 9.33. The monoisotopic (exact) mass is 504 g/mol. The van der Waals surface area contributed by atoms with Crippen LogP contribution in [0.2, 0.25) is 0 Å². The first kappa shape index (κ1) is 23.2. The Kier molecular flexibility index (Phi) is 6.98. The molecular weight excluding hydrogens is 480 g/mol. The second-order valence-electron chi connectivity index (χ2n) is 7.06. The summed E-state index contributed by atoms with van der Waals surface area (Å²) in [6, 6.07) is 12.0.